The van der Waals surface area contributed by atoms with Crippen molar-refractivity contribution in [1.29, 1.82) is 0 Å². The van der Waals surface area contributed by atoms with E-state index in [1.807, 2.05) is 30.3 Å². The number of ether oxygens (including phenoxy) is 2. The van der Waals surface area contributed by atoms with Crippen molar-refractivity contribution >= 4 is 17.8 Å². The van der Waals surface area contributed by atoms with Crippen LogP contribution in [-0.4, -0.2) is 54.8 Å². The monoisotopic (exact) mass is 460 g/mol. The number of fused-ring (bicyclic) bond motifs is 2. The first-order valence-corrected chi connectivity index (χ1v) is 12.1. The van der Waals surface area contributed by atoms with Crippen LogP contribution in [0.1, 0.15) is 56.9 Å². The van der Waals surface area contributed by atoms with Crippen LogP contribution >= 0.6 is 0 Å². The molecule has 8 heteroatoms. The summed E-state index contributed by atoms with van der Waals surface area (Å²) in [4.78, 5) is 35.2. The molecule has 3 N–H and O–H groups in total. The average Bonchev–Trinajstić information content (AvgIpc) is 3.44. The van der Waals surface area contributed by atoms with Gasteiger partial charge in [0.15, 0.2) is 5.78 Å². The second kappa shape index (κ2) is 13.3. The molecule has 4 atom stereocenters. The Kier molecular flexibility index (Phi) is 10.2. The standard InChI is InChI=1S/C25H36N2O6/c28-16-19(29)10-6-1-2-7-11-20-21(23-13-12-22(20)33-23)14-26-24(30)15-27-25(31)32-17-18-8-4-3-5-9-18/h3-5,8-9,20-23,28H,1-2,6-7,10-17H2,(H,26,30)(H,27,31). The number of ketones is 1. The number of rotatable bonds is 14. The summed E-state index contributed by atoms with van der Waals surface area (Å²) in [6.07, 6.45) is 7.43. The zero-order chi connectivity index (χ0) is 23.5. The Bertz CT molecular complexity index is 771. The van der Waals surface area contributed by atoms with E-state index >= 15 is 0 Å². The van der Waals surface area contributed by atoms with E-state index in [-0.39, 0.29) is 43.7 Å². The highest BCUT2D eigenvalue weighted by atomic mass is 16.5. The summed E-state index contributed by atoms with van der Waals surface area (Å²) in [5.41, 5.74) is 0.887. The zero-order valence-electron chi connectivity index (χ0n) is 19.2. The molecule has 2 heterocycles. The fraction of sp³-hybridized carbons (Fsp3) is 0.640. The molecule has 2 saturated heterocycles. The molecule has 0 saturated carbocycles. The number of hydrogen-bond donors (Lipinski definition) is 3. The third kappa shape index (κ3) is 8.12. The van der Waals surface area contributed by atoms with Crippen molar-refractivity contribution in [3.05, 3.63) is 35.9 Å². The van der Waals surface area contributed by atoms with Crippen molar-refractivity contribution in [2.24, 2.45) is 11.8 Å². The lowest BCUT2D eigenvalue weighted by molar-refractivity contribution is -0.122. The van der Waals surface area contributed by atoms with Crippen molar-refractivity contribution in [1.82, 2.24) is 10.6 Å². The highest BCUT2D eigenvalue weighted by molar-refractivity contribution is 5.82. The molecule has 0 aromatic heterocycles. The molecule has 1 aromatic carbocycles. The number of benzene rings is 1. The van der Waals surface area contributed by atoms with Gasteiger partial charge in [-0.1, -0.05) is 49.6 Å². The maximum absolute atomic E-state index is 12.2. The number of aliphatic hydroxyl groups excluding tert-OH is 1. The second-order valence-electron chi connectivity index (χ2n) is 8.99. The van der Waals surface area contributed by atoms with Crippen LogP contribution in [0.5, 0.6) is 0 Å². The van der Waals surface area contributed by atoms with E-state index in [4.69, 9.17) is 14.6 Å². The number of aliphatic hydroxyl groups is 1. The van der Waals surface area contributed by atoms with E-state index in [1.54, 1.807) is 0 Å². The van der Waals surface area contributed by atoms with Crippen LogP contribution in [0.15, 0.2) is 30.3 Å². The summed E-state index contributed by atoms with van der Waals surface area (Å²) in [5, 5.41) is 14.2. The van der Waals surface area contributed by atoms with Crippen LogP contribution in [0.4, 0.5) is 4.79 Å². The summed E-state index contributed by atoms with van der Waals surface area (Å²) in [6.45, 7) is 0.236. The first-order valence-electron chi connectivity index (χ1n) is 12.1. The lowest BCUT2D eigenvalue weighted by Crippen LogP contribution is -2.42. The average molecular weight is 461 g/mol. The third-order valence-corrected chi connectivity index (χ3v) is 6.65. The Morgan fingerprint density at radius 3 is 2.45 bits per heavy atom. The fourth-order valence-corrected chi connectivity index (χ4v) is 4.91. The first-order chi connectivity index (χ1) is 16.1. The molecule has 1 aromatic rings. The van der Waals surface area contributed by atoms with E-state index < -0.39 is 6.09 Å². The Hall–Kier alpha value is -2.45. The number of nitrogens with one attached hydrogen (secondary N) is 2. The molecule has 0 spiro atoms. The normalized spacial score (nSPS) is 23.3. The van der Waals surface area contributed by atoms with Crippen molar-refractivity contribution in [3.8, 4) is 0 Å². The number of carbonyl (C=O) groups excluding carboxylic acids is 3. The third-order valence-electron chi connectivity index (χ3n) is 6.65. The minimum absolute atomic E-state index is 0.0914. The number of carbonyl (C=O) groups is 3. The number of unbranched alkanes of at least 4 members (excludes halogenated alkanes) is 3. The van der Waals surface area contributed by atoms with Crippen LogP contribution in [0.2, 0.25) is 0 Å². The van der Waals surface area contributed by atoms with Gasteiger partial charge in [0.1, 0.15) is 13.2 Å². The van der Waals surface area contributed by atoms with Crippen molar-refractivity contribution in [3.63, 3.8) is 0 Å². The van der Waals surface area contributed by atoms with Crippen LogP contribution in [0.3, 0.4) is 0 Å². The van der Waals surface area contributed by atoms with Crippen LogP contribution in [0.25, 0.3) is 0 Å². The quantitative estimate of drug-likeness (QED) is 0.368. The molecule has 3 rings (SSSR count). The van der Waals surface area contributed by atoms with Crippen molar-refractivity contribution < 1.29 is 29.0 Å². The van der Waals surface area contributed by atoms with Crippen molar-refractivity contribution in [2.45, 2.75) is 70.2 Å². The van der Waals surface area contributed by atoms with Gasteiger partial charge in [-0.05, 0) is 37.2 Å². The Balaban J connectivity index is 1.31. The summed E-state index contributed by atoms with van der Waals surface area (Å²) in [7, 11) is 0. The van der Waals surface area contributed by atoms with Gasteiger partial charge >= 0.3 is 6.09 Å². The molecule has 0 radical (unpaired) electrons. The minimum atomic E-state index is -0.615. The van der Waals surface area contributed by atoms with Crippen LogP contribution < -0.4 is 10.6 Å². The van der Waals surface area contributed by atoms with E-state index in [0.29, 0.717) is 24.8 Å². The zero-order valence-corrected chi connectivity index (χ0v) is 19.2. The molecular formula is C25H36N2O6. The Morgan fingerprint density at radius 1 is 0.970 bits per heavy atom. The van der Waals surface area contributed by atoms with Crippen LogP contribution in [0, 0.1) is 11.8 Å². The van der Waals surface area contributed by atoms with E-state index in [2.05, 4.69) is 10.6 Å². The van der Waals surface area contributed by atoms with Gasteiger partial charge in [0.2, 0.25) is 5.91 Å². The Labute approximate surface area is 195 Å². The number of hydrogen-bond acceptors (Lipinski definition) is 6. The molecule has 4 unspecified atom stereocenters. The summed E-state index contributed by atoms with van der Waals surface area (Å²) in [5.74, 6) is 0.411. The number of Topliss-reactive ketones (excluding diaryl/α,β-unsaturated/α-hetero) is 1. The van der Waals surface area contributed by atoms with Gasteiger partial charge in [0, 0.05) is 18.9 Å². The molecule has 2 fully saturated rings. The molecule has 182 valence electrons. The van der Waals surface area contributed by atoms with Gasteiger partial charge < -0.3 is 25.2 Å². The summed E-state index contributed by atoms with van der Waals surface area (Å²) < 4.78 is 11.2. The van der Waals surface area contributed by atoms with Gasteiger partial charge in [-0.15, -0.1) is 0 Å². The molecule has 8 nitrogen and oxygen atoms in total. The lowest BCUT2D eigenvalue weighted by Gasteiger charge is -2.28. The molecule has 2 bridgehead atoms. The smallest absolute Gasteiger partial charge is 0.407 e. The van der Waals surface area contributed by atoms with Gasteiger partial charge in [0.05, 0.1) is 18.8 Å². The molecule has 2 aliphatic rings. The fourth-order valence-electron chi connectivity index (χ4n) is 4.91. The van der Waals surface area contributed by atoms with Gasteiger partial charge in [-0.25, -0.2) is 4.79 Å². The highest BCUT2D eigenvalue weighted by Gasteiger charge is 2.48. The van der Waals surface area contributed by atoms with E-state index in [1.165, 1.54) is 0 Å². The second-order valence-corrected chi connectivity index (χ2v) is 8.99. The molecular weight excluding hydrogens is 424 g/mol. The van der Waals surface area contributed by atoms with E-state index in [9.17, 15) is 14.4 Å². The van der Waals surface area contributed by atoms with Gasteiger partial charge in [-0.3, -0.25) is 9.59 Å². The molecule has 2 aliphatic heterocycles. The van der Waals surface area contributed by atoms with E-state index in [0.717, 1.165) is 50.5 Å². The van der Waals surface area contributed by atoms with Gasteiger partial charge in [0.25, 0.3) is 0 Å². The number of alkyl carbamates (subject to hydrolysis) is 1. The molecule has 2 amide bonds. The van der Waals surface area contributed by atoms with Crippen molar-refractivity contribution in [2.75, 3.05) is 19.7 Å². The largest absolute Gasteiger partial charge is 0.445 e. The predicted octanol–water partition coefficient (Wildman–Crippen LogP) is 2.72. The topological polar surface area (TPSA) is 114 Å². The molecule has 0 aliphatic carbocycles. The lowest BCUT2D eigenvalue weighted by atomic mass is 9.76. The number of amides is 2. The van der Waals surface area contributed by atoms with Crippen LogP contribution in [-0.2, 0) is 25.7 Å². The maximum atomic E-state index is 12.2. The Morgan fingerprint density at radius 2 is 1.70 bits per heavy atom. The first kappa shape index (κ1) is 25.2. The maximum Gasteiger partial charge on any atom is 0.407 e. The summed E-state index contributed by atoms with van der Waals surface area (Å²) in [6, 6.07) is 9.37. The SMILES string of the molecule is O=C(CO)CCCCCCC1C2CCC(O2)C1CNC(=O)CNC(=O)OCc1ccccc1. The predicted molar refractivity (Wildman–Crippen MR) is 122 cm³/mol. The molecule has 33 heavy (non-hydrogen) atoms. The van der Waals surface area contributed by atoms with Gasteiger partial charge in [-0.2, -0.15) is 0 Å². The minimum Gasteiger partial charge on any atom is -0.445 e. The summed E-state index contributed by atoms with van der Waals surface area (Å²) >= 11 is 0. The highest BCUT2D eigenvalue weighted by Crippen LogP contribution is 2.45.